The second-order valence-corrected chi connectivity index (χ2v) is 8.98. The van der Waals surface area contributed by atoms with Gasteiger partial charge in [0.25, 0.3) is 5.91 Å². The van der Waals surface area contributed by atoms with Gasteiger partial charge in [-0.15, -0.1) is 0 Å². The average Bonchev–Trinajstić information content (AvgIpc) is 3.28. The Labute approximate surface area is 212 Å². The molecule has 4 aromatic rings. The molecule has 3 aromatic carbocycles. The van der Waals surface area contributed by atoms with Gasteiger partial charge in [0.1, 0.15) is 0 Å². The van der Waals surface area contributed by atoms with E-state index >= 15 is 0 Å². The SMILES string of the molecule is CN(C)CCNC(=O)c1ccc(-c2ccc(-c3ccccc3)n2-c2ccccc2C(F)(F)F)c(Cl)c1. The monoisotopic (exact) mass is 511 g/mol. The fraction of sp³-hybridized carbons (Fsp3) is 0.179. The Bertz CT molecular complexity index is 1360. The number of halogens is 4. The minimum absolute atomic E-state index is 0.00887. The van der Waals surface area contributed by atoms with E-state index in [9.17, 15) is 18.0 Å². The number of carbonyl (C=O) groups excluding carboxylic acids is 1. The van der Waals surface area contributed by atoms with Crippen molar-refractivity contribution in [2.24, 2.45) is 0 Å². The van der Waals surface area contributed by atoms with Gasteiger partial charge in [-0.2, -0.15) is 13.2 Å². The Hall–Kier alpha value is -3.55. The Morgan fingerprint density at radius 3 is 2.25 bits per heavy atom. The zero-order chi connectivity index (χ0) is 25.9. The Kier molecular flexibility index (Phi) is 7.52. The van der Waals surface area contributed by atoms with Crippen LogP contribution in [0.25, 0.3) is 28.2 Å². The molecule has 36 heavy (non-hydrogen) atoms. The fourth-order valence-electron chi connectivity index (χ4n) is 4.01. The number of alkyl halides is 3. The van der Waals surface area contributed by atoms with E-state index in [-0.39, 0.29) is 16.6 Å². The van der Waals surface area contributed by atoms with Crippen LogP contribution in [0.4, 0.5) is 13.2 Å². The quantitative estimate of drug-likeness (QED) is 0.297. The Balaban J connectivity index is 1.83. The lowest BCUT2D eigenvalue weighted by molar-refractivity contribution is -0.137. The van der Waals surface area contributed by atoms with E-state index in [2.05, 4.69) is 5.32 Å². The van der Waals surface area contributed by atoms with Crippen LogP contribution in [0.3, 0.4) is 0 Å². The van der Waals surface area contributed by atoms with E-state index in [1.54, 1.807) is 34.9 Å². The molecule has 1 aromatic heterocycles. The van der Waals surface area contributed by atoms with Gasteiger partial charge in [-0.1, -0.05) is 60.1 Å². The van der Waals surface area contributed by atoms with Crippen molar-refractivity contribution in [1.29, 1.82) is 0 Å². The lowest BCUT2D eigenvalue weighted by Crippen LogP contribution is -2.31. The number of likely N-dealkylation sites (N-methyl/N-ethyl adjacent to an activating group) is 1. The van der Waals surface area contributed by atoms with E-state index in [1.807, 2.05) is 49.3 Å². The minimum Gasteiger partial charge on any atom is -0.351 e. The zero-order valence-corrected chi connectivity index (χ0v) is 20.6. The van der Waals surface area contributed by atoms with Gasteiger partial charge in [0.15, 0.2) is 0 Å². The van der Waals surface area contributed by atoms with Gasteiger partial charge in [0, 0.05) is 24.2 Å². The van der Waals surface area contributed by atoms with E-state index in [0.717, 1.165) is 11.6 Å². The van der Waals surface area contributed by atoms with Crippen LogP contribution in [-0.2, 0) is 6.18 Å². The van der Waals surface area contributed by atoms with Crippen LogP contribution in [-0.4, -0.2) is 42.6 Å². The maximum absolute atomic E-state index is 14.0. The molecule has 0 atom stereocenters. The summed E-state index contributed by atoms with van der Waals surface area (Å²) in [4.78, 5) is 14.5. The van der Waals surface area contributed by atoms with Crippen molar-refractivity contribution in [3.63, 3.8) is 0 Å². The van der Waals surface area contributed by atoms with Gasteiger partial charge < -0.3 is 14.8 Å². The summed E-state index contributed by atoms with van der Waals surface area (Å²) in [7, 11) is 3.82. The first-order valence-electron chi connectivity index (χ1n) is 11.3. The summed E-state index contributed by atoms with van der Waals surface area (Å²) in [6, 6.07) is 23.0. The number of carbonyl (C=O) groups is 1. The summed E-state index contributed by atoms with van der Waals surface area (Å²) in [5, 5.41) is 3.10. The van der Waals surface area contributed by atoms with Crippen LogP contribution in [0.15, 0.2) is 84.9 Å². The van der Waals surface area contributed by atoms with Crippen LogP contribution >= 0.6 is 11.6 Å². The molecule has 0 radical (unpaired) electrons. The number of nitrogens with one attached hydrogen (secondary N) is 1. The van der Waals surface area contributed by atoms with Gasteiger partial charge in [-0.05, 0) is 56.1 Å². The highest BCUT2D eigenvalue weighted by molar-refractivity contribution is 6.33. The molecule has 0 fully saturated rings. The van der Waals surface area contributed by atoms with Crippen molar-refractivity contribution in [3.8, 4) is 28.2 Å². The third-order valence-electron chi connectivity index (χ3n) is 5.75. The fourth-order valence-corrected chi connectivity index (χ4v) is 4.29. The number of nitrogens with zero attached hydrogens (tertiary/aromatic N) is 2. The first-order chi connectivity index (χ1) is 17.2. The summed E-state index contributed by atoms with van der Waals surface area (Å²) in [6.45, 7) is 1.16. The van der Waals surface area contributed by atoms with Gasteiger partial charge in [-0.25, -0.2) is 0 Å². The maximum Gasteiger partial charge on any atom is 0.418 e. The summed E-state index contributed by atoms with van der Waals surface area (Å²) in [6.07, 6.45) is -4.55. The predicted octanol–water partition coefficient (Wildman–Crippen LogP) is 6.77. The van der Waals surface area contributed by atoms with Gasteiger partial charge >= 0.3 is 6.18 Å². The van der Waals surface area contributed by atoms with Crippen molar-refractivity contribution in [3.05, 3.63) is 101 Å². The molecule has 0 spiro atoms. The summed E-state index contributed by atoms with van der Waals surface area (Å²) in [5.41, 5.74) is 1.95. The molecule has 4 nitrogen and oxygen atoms in total. The van der Waals surface area contributed by atoms with E-state index < -0.39 is 11.7 Å². The zero-order valence-electron chi connectivity index (χ0n) is 19.8. The largest absolute Gasteiger partial charge is 0.418 e. The molecule has 0 bridgehead atoms. The highest BCUT2D eigenvalue weighted by Gasteiger charge is 2.34. The number of rotatable bonds is 7. The molecule has 1 amide bonds. The second kappa shape index (κ2) is 10.6. The molecule has 186 valence electrons. The van der Waals surface area contributed by atoms with Crippen LogP contribution < -0.4 is 5.32 Å². The first kappa shape index (κ1) is 25.5. The number of para-hydroxylation sites is 1. The standard InChI is InChI=1S/C28H25ClF3N3O/c1-34(2)17-16-33-27(36)20-12-13-21(23(29)18-20)25-15-14-24(19-8-4-3-5-9-19)35(25)26-11-7-6-10-22(26)28(30,31)32/h3-15,18H,16-17H2,1-2H3,(H,33,36). The van der Waals surface area contributed by atoms with Crippen LogP contribution in [0.5, 0.6) is 0 Å². The third-order valence-corrected chi connectivity index (χ3v) is 6.07. The van der Waals surface area contributed by atoms with E-state index in [4.69, 9.17) is 11.6 Å². The van der Waals surface area contributed by atoms with Crippen molar-refractivity contribution in [2.75, 3.05) is 27.2 Å². The smallest absolute Gasteiger partial charge is 0.351 e. The number of hydrogen-bond acceptors (Lipinski definition) is 2. The van der Waals surface area contributed by atoms with Crippen molar-refractivity contribution in [1.82, 2.24) is 14.8 Å². The molecule has 4 rings (SSSR count). The Morgan fingerprint density at radius 2 is 1.58 bits per heavy atom. The van der Waals surface area contributed by atoms with Crippen molar-refractivity contribution < 1.29 is 18.0 Å². The highest BCUT2D eigenvalue weighted by atomic mass is 35.5. The average molecular weight is 512 g/mol. The molecular formula is C28H25ClF3N3O. The molecule has 0 saturated heterocycles. The number of benzene rings is 3. The predicted molar refractivity (Wildman–Crippen MR) is 138 cm³/mol. The van der Waals surface area contributed by atoms with Crippen LogP contribution in [0.1, 0.15) is 15.9 Å². The molecule has 1 N–H and O–H groups in total. The summed E-state index contributed by atoms with van der Waals surface area (Å²) < 4.78 is 43.5. The minimum atomic E-state index is -4.55. The summed E-state index contributed by atoms with van der Waals surface area (Å²) in [5.74, 6) is -0.270. The van der Waals surface area contributed by atoms with E-state index in [1.165, 1.54) is 18.2 Å². The third kappa shape index (κ3) is 5.48. The second-order valence-electron chi connectivity index (χ2n) is 8.57. The molecule has 0 unspecified atom stereocenters. The van der Waals surface area contributed by atoms with Crippen molar-refractivity contribution >= 4 is 17.5 Å². The lowest BCUT2D eigenvalue weighted by atomic mass is 10.1. The molecule has 0 saturated carbocycles. The van der Waals surface area contributed by atoms with Gasteiger partial charge in [-0.3, -0.25) is 4.79 Å². The molecule has 1 heterocycles. The van der Waals surface area contributed by atoms with Crippen molar-refractivity contribution in [2.45, 2.75) is 6.18 Å². The maximum atomic E-state index is 14.0. The number of amides is 1. The van der Waals surface area contributed by atoms with Crippen LogP contribution in [0.2, 0.25) is 5.02 Å². The summed E-state index contributed by atoms with van der Waals surface area (Å²) >= 11 is 6.61. The Morgan fingerprint density at radius 1 is 0.917 bits per heavy atom. The topological polar surface area (TPSA) is 37.3 Å². The van der Waals surface area contributed by atoms with Gasteiger partial charge in [0.05, 0.1) is 27.7 Å². The first-order valence-corrected chi connectivity index (χ1v) is 11.7. The van der Waals surface area contributed by atoms with Gasteiger partial charge in [0.2, 0.25) is 0 Å². The van der Waals surface area contributed by atoms with Crippen LogP contribution in [0, 0.1) is 0 Å². The molecular weight excluding hydrogens is 487 g/mol. The lowest BCUT2D eigenvalue weighted by Gasteiger charge is -2.20. The normalized spacial score (nSPS) is 11.6. The van der Waals surface area contributed by atoms with E-state index in [0.29, 0.717) is 35.6 Å². The number of aromatic nitrogens is 1. The molecule has 0 aliphatic rings. The molecule has 8 heteroatoms. The molecule has 0 aliphatic carbocycles. The highest BCUT2D eigenvalue weighted by Crippen LogP contribution is 2.40. The number of hydrogen-bond donors (Lipinski definition) is 1. The molecule has 0 aliphatic heterocycles.